The molecule has 0 heterocycles. The van der Waals surface area contributed by atoms with Gasteiger partial charge in [-0.1, -0.05) is 0 Å². The molecular weight excluding hydrogens is 283 g/mol. The molecule has 8 heteroatoms. The Labute approximate surface area is 112 Å². The van der Waals surface area contributed by atoms with Crippen molar-refractivity contribution >= 4 is 5.69 Å². The van der Waals surface area contributed by atoms with Gasteiger partial charge in [-0.3, -0.25) is 0 Å². The highest BCUT2D eigenvalue weighted by atomic mass is 19.4. The summed E-state index contributed by atoms with van der Waals surface area (Å²) in [5, 5.41) is 11.5. The number of ether oxygens (including phenoxy) is 1. The van der Waals surface area contributed by atoms with Gasteiger partial charge in [-0.15, -0.1) is 0 Å². The van der Waals surface area contributed by atoms with E-state index >= 15 is 0 Å². The van der Waals surface area contributed by atoms with Crippen LogP contribution in [0, 0.1) is 11.3 Å². The molecule has 0 aliphatic carbocycles. The van der Waals surface area contributed by atoms with Crippen LogP contribution in [0.15, 0.2) is 18.2 Å². The molecule has 0 amide bonds. The molecule has 0 atom stereocenters. The summed E-state index contributed by atoms with van der Waals surface area (Å²) in [7, 11) is 0. The van der Waals surface area contributed by atoms with Crippen molar-refractivity contribution in [3.05, 3.63) is 29.3 Å². The van der Waals surface area contributed by atoms with E-state index in [0.717, 1.165) is 18.2 Å². The van der Waals surface area contributed by atoms with Crippen LogP contribution in [0.3, 0.4) is 0 Å². The predicted octanol–water partition coefficient (Wildman–Crippen LogP) is 3.27. The standard InChI is InChI=1S/C12H11F5N2O/c13-11(14)7-20-4-3-19-10-2-1-9(12(15,16)17)5-8(10)6-18/h1-2,5,11,19H,3-4,7H2. The van der Waals surface area contributed by atoms with E-state index in [1.54, 1.807) is 6.07 Å². The van der Waals surface area contributed by atoms with Crippen molar-refractivity contribution in [2.75, 3.05) is 25.1 Å². The molecule has 0 aliphatic heterocycles. The first-order valence-corrected chi connectivity index (χ1v) is 5.55. The Morgan fingerprint density at radius 3 is 2.55 bits per heavy atom. The zero-order valence-corrected chi connectivity index (χ0v) is 10.2. The predicted molar refractivity (Wildman–Crippen MR) is 61.5 cm³/mol. The molecule has 0 fully saturated rings. The van der Waals surface area contributed by atoms with Crippen LogP contribution in [0.25, 0.3) is 0 Å². The number of rotatable bonds is 6. The Bertz CT molecular complexity index is 482. The second-order valence-electron chi connectivity index (χ2n) is 3.76. The third kappa shape index (κ3) is 5.01. The molecule has 1 rings (SSSR count). The molecule has 0 unspecified atom stereocenters. The fraction of sp³-hybridized carbons (Fsp3) is 0.417. The van der Waals surface area contributed by atoms with Gasteiger partial charge >= 0.3 is 6.18 Å². The number of alkyl halides is 5. The molecule has 110 valence electrons. The molecule has 0 bridgehead atoms. The van der Waals surface area contributed by atoms with Gasteiger partial charge in [-0.05, 0) is 18.2 Å². The molecule has 1 aromatic rings. The monoisotopic (exact) mass is 294 g/mol. The highest BCUT2D eigenvalue weighted by molar-refractivity contribution is 5.58. The van der Waals surface area contributed by atoms with E-state index in [2.05, 4.69) is 10.1 Å². The molecule has 0 spiro atoms. The number of benzene rings is 1. The fourth-order valence-electron chi connectivity index (χ4n) is 1.40. The summed E-state index contributed by atoms with van der Waals surface area (Å²) in [4.78, 5) is 0. The maximum atomic E-state index is 12.4. The van der Waals surface area contributed by atoms with E-state index in [4.69, 9.17) is 5.26 Å². The third-order valence-electron chi connectivity index (χ3n) is 2.27. The molecule has 0 aliphatic rings. The number of hydrogen-bond donors (Lipinski definition) is 1. The Morgan fingerprint density at radius 1 is 1.30 bits per heavy atom. The molecule has 0 radical (unpaired) electrons. The number of nitrogens with zero attached hydrogens (tertiary/aromatic N) is 1. The lowest BCUT2D eigenvalue weighted by Crippen LogP contribution is -2.14. The number of anilines is 1. The van der Waals surface area contributed by atoms with Gasteiger partial charge in [-0.25, -0.2) is 8.78 Å². The molecule has 20 heavy (non-hydrogen) atoms. The number of halogens is 5. The first kappa shape index (κ1) is 16.2. The van der Waals surface area contributed by atoms with Gasteiger partial charge in [0, 0.05) is 6.54 Å². The highest BCUT2D eigenvalue weighted by Gasteiger charge is 2.31. The van der Waals surface area contributed by atoms with Crippen LogP contribution >= 0.6 is 0 Å². The van der Waals surface area contributed by atoms with Crippen molar-refractivity contribution in [1.82, 2.24) is 0 Å². The SMILES string of the molecule is N#Cc1cc(C(F)(F)F)ccc1NCCOCC(F)F. The van der Waals surface area contributed by atoms with Crippen LogP contribution in [0.1, 0.15) is 11.1 Å². The summed E-state index contributed by atoms with van der Waals surface area (Å²) in [6.45, 7) is -0.650. The van der Waals surface area contributed by atoms with Gasteiger partial charge < -0.3 is 10.1 Å². The maximum Gasteiger partial charge on any atom is 0.416 e. The van der Waals surface area contributed by atoms with Crippen LogP contribution in [-0.2, 0) is 10.9 Å². The fourth-order valence-corrected chi connectivity index (χ4v) is 1.40. The van der Waals surface area contributed by atoms with Crippen molar-refractivity contribution in [3.8, 4) is 6.07 Å². The van der Waals surface area contributed by atoms with E-state index in [9.17, 15) is 22.0 Å². The molecule has 0 aromatic heterocycles. The molecule has 1 N–H and O–H groups in total. The van der Waals surface area contributed by atoms with Crippen LogP contribution in [0.2, 0.25) is 0 Å². The van der Waals surface area contributed by atoms with Crippen molar-refractivity contribution in [3.63, 3.8) is 0 Å². The Balaban J connectivity index is 2.61. The quantitative estimate of drug-likeness (QED) is 0.647. The van der Waals surface area contributed by atoms with E-state index in [-0.39, 0.29) is 24.4 Å². The van der Waals surface area contributed by atoms with E-state index in [1.165, 1.54) is 0 Å². The molecular formula is C12H11F5N2O. The summed E-state index contributed by atoms with van der Waals surface area (Å²) in [6, 6.07) is 4.32. The number of nitriles is 1. The second kappa shape index (κ2) is 7.05. The normalized spacial score (nSPS) is 11.4. The first-order valence-electron chi connectivity index (χ1n) is 5.55. The average Bonchev–Trinajstić information content (AvgIpc) is 2.36. The van der Waals surface area contributed by atoms with E-state index < -0.39 is 24.8 Å². The lowest BCUT2D eigenvalue weighted by molar-refractivity contribution is -0.137. The summed E-state index contributed by atoms with van der Waals surface area (Å²) in [5.74, 6) is 0. The lowest BCUT2D eigenvalue weighted by atomic mass is 10.1. The van der Waals surface area contributed by atoms with Crippen LogP contribution < -0.4 is 5.32 Å². The second-order valence-corrected chi connectivity index (χ2v) is 3.76. The molecule has 1 aromatic carbocycles. The minimum atomic E-state index is -4.52. The molecule has 3 nitrogen and oxygen atoms in total. The van der Waals surface area contributed by atoms with Gasteiger partial charge in [-0.2, -0.15) is 18.4 Å². The first-order chi connectivity index (χ1) is 9.34. The minimum Gasteiger partial charge on any atom is -0.382 e. The van der Waals surface area contributed by atoms with Gasteiger partial charge in [0.25, 0.3) is 6.43 Å². The molecule has 0 saturated carbocycles. The third-order valence-corrected chi connectivity index (χ3v) is 2.27. The van der Waals surface area contributed by atoms with Crippen molar-refractivity contribution in [1.29, 1.82) is 5.26 Å². The zero-order valence-electron chi connectivity index (χ0n) is 10.2. The topological polar surface area (TPSA) is 45.0 Å². The van der Waals surface area contributed by atoms with Gasteiger partial charge in [0.2, 0.25) is 0 Å². The lowest BCUT2D eigenvalue weighted by Gasteiger charge is -2.11. The number of hydrogen-bond acceptors (Lipinski definition) is 3. The van der Waals surface area contributed by atoms with Crippen LogP contribution in [0.5, 0.6) is 0 Å². The highest BCUT2D eigenvalue weighted by Crippen LogP contribution is 2.31. The zero-order chi connectivity index (χ0) is 15.2. The van der Waals surface area contributed by atoms with E-state index in [0.29, 0.717) is 0 Å². The van der Waals surface area contributed by atoms with Crippen LogP contribution in [0.4, 0.5) is 27.6 Å². The Hall–Kier alpha value is -1.88. The van der Waals surface area contributed by atoms with Crippen molar-refractivity contribution < 1.29 is 26.7 Å². The summed E-state index contributed by atoms with van der Waals surface area (Å²) < 4.78 is 65.5. The van der Waals surface area contributed by atoms with Crippen molar-refractivity contribution in [2.45, 2.75) is 12.6 Å². The summed E-state index contributed by atoms with van der Waals surface area (Å²) >= 11 is 0. The van der Waals surface area contributed by atoms with E-state index in [1.807, 2.05) is 0 Å². The average molecular weight is 294 g/mol. The van der Waals surface area contributed by atoms with Gasteiger partial charge in [0.1, 0.15) is 12.7 Å². The van der Waals surface area contributed by atoms with Gasteiger partial charge in [0.15, 0.2) is 0 Å². The summed E-state index contributed by atoms with van der Waals surface area (Å²) in [5.41, 5.74) is -0.900. The smallest absolute Gasteiger partial charge is 0.382 e. The molecule has 0 saturated heterocycles. The number of nitrogens with one attached hydrogen (secondary N) is 1. The largest absolute Gasteiger partial charge is 0.416 e. The van der Waals surface area contributed by atoms with Crippen LogP contribution in [-0.4, -0.2) is 26.2 Å². The maximum absolute atomic E-state index is 12.4. The Kier molecular flexibility index (Phi) is 5.70. The summed E-state index contributed by atoms with van der Waals surface area (Å²) in [6.07, 6.45) is -7.10. The minimum absolute atomic E-state index is 0.0454. The Morgan fingerprint density at radius 2 is 2.00 bits per heavy atom. The van der Waals surface area contributed by atoms with Gasteiger partial charge in [0.05, 0.1) is 23.4 Å². The van der Waals surface area contributed by atoms with Crippen molar-refractivity contribution in [2.24, 2.45) is 0 Å².